The van der Waals surface area contributed by atoms with Gasteiger partial charge in [-0.15, -0.1) is 0 Å². The summed E-state index contributed by atoms with van der Waals surface area (Å²) in [5.41, 5.74) is 0.892. The average molecular weight is 280 g/mol. The number of ether oxygens (including phenoxy) is 1. The lowest BCUT2D eigenvalue weighted by Crippen LogP contribution is -2.25. The van der Waals surface area contributed by atoms with Crippen LogP contribution in [0.1, 0.15) is 39.7 Å². The topological polar surface area (TPSA) is 63.6 Å². The zero-order chi connectivity index (χ0) is 15.5. The number of benzene rings is 1. The van der Waals surface area contributed by atoms with Crippen molar-refractivity contribution in [2.45, 2.75) is 40.7 Å². The van der Waals surface area contributed by atoms with Crippen molar-refractivity contribution in [1.82, 2.24) is 0 Å². The molecule has 0 fully saturated rings. The first-order valence-corrected chi connectivity index (χ1v) is 6.93. The van der Waals surface area contributed by atoms with E-state index in [0.717, 1.165) is 5.56 Å². The second-order valence-electron chi connectivity index (χ2n) is 4.54. The number of aliphatic carboxylic acids is 1. The van der Waals surface area contributed by atoms with E-state index in [2.05, 4.69) is 0 Å². The molecule has 0 aliphatic carbocycles. The van der Waals surface area contributed by atoms with Crippen LogP contribution in [0.2, 0.25) is 0 Å². The highest BCUT2D eigenvalue weighted by atomic mass is 16.5. The number of hydrogen-bond donors (Lipinski definition) is 1. The largest absolute Gasteiger partial charge is 0.481 e. The molecule has 4 nitrogen and oxygen atoms in total. The molecule has 1 N–H and O–H groups in total. The molecule has 0 spiro atoms. The lowest BCUT2D eigenvalue weighted by Gasteiger charge is -2.17. The summed E-state index contributed by atoms with van der Waals surface area (Å²) in [5, 5.41) is 8.76. The number of carboxylic acids is 1. The molecule has 0 heterocycles. The summed E-state index contributed by atoms with van der Waals surface area (Å²) in [5.74, 6) is -2.07. The minimum atomic E-state index is -0.981. The second kappa shape index (κ2) is 10.0. The molecule has 0 aliphatic rings. The summed E-state index contributed by atoms with van der Waals surface area (Å²) in [6.07, 6.45) is -0.189. The molecule has 1 aromatic rings. The van der Waals surface area contributed by atoms with E-state index >= 15 is 0 Å². The van der Waals surface area contributed by atoms with E-state index in [4.69, 9.17) is 9.84 Å². The molecule has 0 saturated heterocycles. The van der Waals surface area contributed by atoms with Gasteiger partial charge >= 0.3 is 11.9 Å². The van der Waals surface area contributed by atoms with Crippen LogP contribution in [0.5, 0.6) is 0 Å². The average Bonchev–Trinajstić information content (AvgIpc) is 2.45. The third kappa shape index (κ3) is 6.92. The van der Waals surface area contributed by atoms with E-state index < -0.39 is 17.9 Å². The third-order valence-electron chi connectivity index (χ3n) is 2.73. The van der Waals surface area contributed by atoms with Crippen LogP contribution >= 0.6 is 0 Å². The summed E-state index contributed by atoms with van der Waals surface area (Å²) in [6, 6.07) is 9.32. The summed E-state index contributed by atoms with van der Waals surface area (Å²) in [7, 11) is 0. The Balaban J connectivity index is 0.00000172. The summed E-state index contributed by atoms with van der Waals surface area (Å²) >= 11 is 0. The van der Waals surface area contributed by atoms with Crippen LogP contribution in [-0.2, 0) is 20.9 Å². The van der Waals surface area contributed by atoms with Crippen LogP contribution in [0.15, 0.2) is 30.3 Å². The highest BCUT2D eigenvalue weighted by Crippen LogP contribution is 2.18. The van der Waals surface area contributed by atoms with Crippen LogP contribution in [-0.4, -0.2) is 17.0 Å². The maximum absolute atomic E-state index is 11.8. The molecule has 112 valence electrons. The minimum absolute atomic E-state index is 0.0515. The summed E-state index contributed by atoms with van der Waals surface area (Å²) in [6.45, 7) is 7.82. The molecule has 1 unspecified atom stereocenters. The van der Waals surface area contributed by atoms with Gasteiger partial charge in [0.1, 0.15) is 6.61 Å². The van der Waals surface area contributed by atoms with E-state index in [0.29, 0.717) is 0 Å². The Labute approximate surface area is 120 Å². The molecule has 0 bridgehead atoms. The molecule has 0 aliphatic heterocycles. The van der Waals surface area contributed by atoms with Crippen molar-refractivity contribution in [3.05, 3.63) is 35.9 Å². The van der Waals surface area contributed by atoms with Gasteiger partial charge in [0, 0.05) is 0 Å². The molecule has 0 saturated carbocycles. The van der Waals surface area contributed by atoms with Gasteiger partial charge in [-0.1, -0.05) is 58.0 Å². The Morgan fingerprint density at radius 2 is 1.70 bits per heavy atom. The van der Waals surface area contributed by atoms with Gasteiger partial charge in [-0.2, -0.15) is 0 Å². The fourth-order valence-electron chi connectivity index (χ4n) is 1.62. The van der Waals surface area contributed by atoms with Gasteiger partial charge in [0.2, 0.25) is 0 Å². The maximum atomic E-state index is 11.8. The highest BCUT2D eigenvalue weighted by molar-refractivity contribution is 5.79. The first-order chi connectivity index (χ1) is 9.50. The molecule has 0 amide bonds. The Kier molecular flexibility index (Phi) is 9.09. The minimum Gasteiger partial charge on any atom is -0.481 e. The van der Waals surface area contributed by atoms with E-state index in [9.17, 15) is 9.59 Å². The van der Waals surface area contributed by atoms with Gasteiger partial charge in [-0.05, 0) is 11.5 Å². The molecule has 20 heavy (non-hydrogen) atoms. The van der Waals surface area contributed by atoms with Crippen LogP contribution in [0, 0.1) is 11.8 Å². The highest BCUT2D eigenvalue weighted by Gasteiger charge is 2.26. The van der Waals surface area contributed by atoms with E-state index in [1.165, 1.54) is 0 Å². The predicted octanol–water partition coefficient (Wildman–Crippen LogP) is 3.50. The molecule has 4 heteroatoms. The molecule has 1 rings (SSSR count). The van der Waals surface area contributed by atoms with Crippen molar-refractivity contribution in [1.29, 1.82) is 0 Å². The van der Waals surface area contributed by atoms with Crippen LogP contribution in [0.25, 0.3) is 0 Å². The number of rotatable bonds is 6. The second-order valence-corrected chi connectivity index (χ2v) is 4.54. The van der Waals surface area contributed by atoms with E-state index in [1.54, 1.807) is 0 Å². The van der Waals surface area contributed by atoms with Crippen molar-refractivity contribution < 1.29 is 19.4 Å². The first kappa shape index (κ1) is 18.2. The van der Waals surface area contributed by atoms with Gasteiger partial charge in [-0.25, -0.2) is 0 Å². The lowest BCUT2D eigenvalue weighted by atomic mass is 9.93. The van der Waals surface area contributed by atoms with E-state index in [1.807, 2.05) is 58.0 Å². The normalized spacial score (nSPS) is 11.2. The van der Waals surface area contributed by atoms with Crippen molar-refractivity contribution in [2.24, 2.45) is 11.8 Å². The molecular weight excluding hydrogens is 256 g/mol. The van der Waals surface area contributed by atoms with Gasteiger partial charge in [0.15, 0.2) is 0 Å². The number of carbonyl (C=O) groups excluding carboxylic acids is 1. The van der Waals surface area contributed by atoms with Crippen LogP contribution in [0.3, 0.4) is 0 Å². The lowest BCUT2D eigenvalue weighted by molar-refractivity contribution is -0.155. The van der Waals surface area contributed by atoms with Crippen molar-refractivity contribution in [3.8, 4) is 0 Å². The van der Waals surface area contributed by atoms with Gasteiger partial charge in [0.25, 0.3) is 0 Å². The van der Waals surface area contributed by atoms with E-state index in [-0.39, 0.29) is 18.9 Å². The molecule has 1 atom stereocenters. The first-order valence-electron chi connectivity index (χ1n) is 6.93. The van der Waals surface area contributed by atoms with Crippen molar-refractivity contribution in [3.63, 3.8) is 0 Å². The Bertz CT molecular complexity index is 398. The monoisotopic (exact) mass is 280 g/mol. The van der Waals surface area contributed by atoms with Crippen LogP contribution in [0.4, 0.5) is 0 Å². The quantitative estimate of drug-likeness (QED) is 0.810. The summed E-state index contributed by atoms with van der Waals surface area (Å²) < 4.78 is 5.15. The fraction of sp³-hybridized carbons (Fsp3) is 0.500. The molecular formula is C16H24O4. The van der Waals surface area contributed by atoms with Gasteiger partial charge in [0.05, 0.1) is 12.3 Å². The smallest absolute Gasteiger partial charge is 0.310 e. The Hall–Kier alpha value is -1.84. The number of carbonyl (C=O) groups is 2. The molecule has 0 aromatic heterocycles. The van der Waals surface area contributed by atoms with Gasteiger partial charge in [-0.3, -0.25) is 9.59 Å². The molecule has 0 radical (unpaired) electrons. The van der Waals surface area contributed by atoms with Crippen LogP contribution < -0.4 is 0 Å². The Morgan fingerprint density at radius 3 is 2.15 bits per heavy atom. The Morgan fingerprint density at radius 1 is 1.15 bits per heavy atom. The maximum Gasteiger partial charge on any atom is 0.310 e. The predicted molar refractivity (Wildman–Crippen MR) is 78.2 cm³/mol. The van der Waals surface area contributed by atoms with Crippen molar-refractivity contribution in [2.75, 3.05) is 0 Å². The number of hydrogen-bond acceptors (Lipinski definition) is 3. The summed E-state index contributed by atoms with van der Waals surface area (Å²) in [4.78, 5) is 22.5. The third-order valence-corrected chi connectivity index (χ3v) is 2.73. The SMILES string of the molecule is CC.CC(C)C(CC(=O)O)C(=O)OCc1ccccc1. The number of esters is 1. The standard InChI is InChI=1S/C14H18O4.C2H6/c1-10(2)12(8-13(15)16)14(17)18-9-11-6-4-3-5-7-11;1-2/h3-7,10,12H,8-9H2,1-2H3,(H,15,16);1-2H3. The zero-order valence-corrected chi connectivity index (χ0v) is 12.6. The van der Waals surface area contributed by atoms with Gasteiger partial charge < -0.3 is 9.84 Å². The fourth-order valence-corrected chi connectivity index (χ4v) is 1.62. The van der Waals surface area contributed by atoms with Crippen molar-refractivity contribution >= 4 is 11.9 Å². The number of carboxylic acid groups (broad SMARTS) is 1. The zero-order valence-electron chi connectivity index (χ0n) is 12.6. The molecule has 1 aromatic carbocycles.